The number of anilines is 3. The molecule has 0 radical (unpaired) electrons. The molecule has 2 N–H and O–H groups in total. The smallest absolute Gasteiger partial charge is 0.408 e. The maximum atomic E-state index is 13.5. The molecule has 2 aliphatic rings. The fourth-order valence-electron chi connectivity index (χ4n) is 6.82. The van der Waals surface area contributed by atoms with Crippen molar-refractivity contribution in [3.63, 3.8) is 0 Å². The molecule has 0 spiro atoms. The Morgan fingerprint density at radius 1 is 0.979 bits per heavy atom. The molecule has 6 rings (SSSR count). The van der Waals surface area contributed by atoms with Crippen molar-refractivity contribution in [1.29, 1.82) is 0 Å². The summed E-state index contributed by atoms with van der Waals surface area (Å²) in [4.78, 5) is 40.2. The molecule has 1 atom stereocenters. The summed E-state index contributed by atoms with van der Waals surface area (Å²) in [7, 11) is 1.88. The molecule has 2 fully saturated rings. The van der Waals surface area contributed by atoms with Crippen LogP contribution in [-0.4, -0.2) is 68.6 Å². The maximum Gasteiger partial charge on any atom is 0.417 e. The van der Waals surface area contributed by atoms with Crippen molar-refractivity contribution < 1.29 is 14.3 Å². The number of rotatable bonds is 10. The van der Waals surface area contributed by atoms with Crippen molar-refractivity contribution >= 4 is 29.3 Å². The first-order valence-corrected chi connectivity index (χ1v) is 16.8. The van der Waals surface area contributed by atoms with Crippen LogP contribution in [0.5, 0.6) is 5.75 Å². The van der Waals surface area contributed by atoms with Gasteiger partial charge in [-0.1, -0.05) is 32.0 Å². The fraction of sp³-hybridized carbons (Fsp3) is 0.405. The number of ether oxygens (including phenoxy) is 1. The van der Waals surface area contributed by atoms with Crippen LogP contribution < -0.4 is 15.4 Å². The van der Waals surface area contributed by atoms with E-state index in [0.29, 0.717) is 29.0 Å². The molecule has 0 bridgehead atoms. The van der Waals surface area contributed by atoms with Crippen molar-refractivity contribution in [2.24, 2.45) is 7.05 Å². The number of carbonyl (C=O) groups is 2. The molecule has 10 nitrogen and oxygen atoms in total. The highest BCUT2D eigenvalue weighted by molar-refractivity contribution is 5.95. The van der Waals surface area contributed by atoms with Gasteiger partial charge in [-0.05, 0) is 99.5 Å². The Morgan fingerprint density at radius 2 is 1.74 bits per heavy atom. The van der Waals surface area contributed by atoms with Gasteiger partial charge in [-0.15, -0.1) is 0 Å². The first kappa shape index (κ1) is 32.2. The van der Waals surface area contributed by atoms with Crippen molar-refractivity contribution in [3.8, 4) is 17.1 Å². The number of nitrogens with zero attached hydrogens (tertiary/aromatic N) is 5. The lowest BCUT2D eigenvalue weighted by molar-refractivity contribution is 0.0708. The highest BCUT2D eigenvalue weighted by Crippen LogP contribution is 2.29. The Kier molecular flexibility index (Phi) is 9.87. The van der Waals surface area contributed by atoms with Crippen molar-refractivity contribution in [3.05, 3.63) is 83.2 Å². The number of hydrogen-bond acceptors (Lipinski definition) is 7. The van der Waals surface area contributed by atoms with Crippen LogP contribution in [0.1, 0.15) is 66.6 Å². The van der Waals surface area contributed by atoms with Crippen molar-refractivity contribution in [2.45, 2.75) is 65.3 Å². The molecular weight excluding hydrogens is 590 g/mol. The van der Waals surface area contributed by atoms with Crippen LogP contribution in [0, 0.1) is 6.92 Å². The minimum Gasteiger partial charge on any atom is -0.408 e. The van der Waals surface area contributed by atoms with Crippen LogP contribution in [0.25, 0.3) is 11.4 Å². The van der Waals surface area contributed by atoms with E-state index in [1.165, 1.54) is 12.8 Å². The summed E-state index contributed by atoms with van der Waals surface area (Å²) in [6, 6.07) is 15.7. The van der Waals surface area contributed by atoms with E-state index >= 15 is 0 Å². The van der Waals surface area contributed by atoms with Gasteiger partial charge in [0.1, 0.15) is 0 Å². The first-order valence-electron chi connectivity index (χ1n) is 16.8. The molecule has 2 amide bonds. The van der Waals surface area contributed by atoms with Crippen molar-refractivity contribution in [1.82, 2.24) is 24.3 Å². The number of aromatic nitrogens is 3. The third-order valence-electron chi connectivity index (χ3n) is 9.36. The molecular formula is C37H45N7O3. The number of aryl methyl sites for hydroxylation is 4. The Balaban J connectivity index is 1.12. The van der Waals surface area contributed by atoms with E-state index in [2.05, 4.69) is 39.3 Å². The molecule has 0 aliphatic carbocycles. The molecule has 2 aromatic heterocycles. The SMILES string of the molecule is CCc1cccc(CC)c1NC(=O)Oc1cc(-c2ccnc(Nc3ccc(C(=O)N4CCC[C@@H]4CN4CCCC4)cc3C)n2)n(C)c1. The molecule has 2 saturated heterocycles. The van der Waals surface area contributed by atoms with Gasteiger partial charge in [-0.25, -0.2) is 14.8 Å². The third-order valence-corrected chi connectivity index (χ3v) is 9.36. The Bertz CT molecular complexity index is 1720. The molecule has 10 heteroatoms. The molecule has 4 aromatic rings. The minimum atomic E-state index is -0.535. The summed E-state index contributed by atoms with van der Waals surface area (Å²) in [5.41, 5.74) is 6.88. The number of hydrogen-bond donors (Lipinski definition) is 2. The fourth-order valence-corrected chi connectivity index (χ4v) is 6.82. The van der Waals surface area contributed by atoms with Crippen LogP contribution >= 0.6 is 0 Å². The molecule has 0 unspecified atom stereocenters. The van der Waals surface area contributed by atoms with Gasteiger partial charge in [0.25, 0.3) is 5.91 Å². The molecule has 2 aromatic carbocycles. The Hall–Kier alpha value is -4.70. The van der Waals surface area contributed by atoms with Crippen molar-refractivity contribution in [2.75, 3.05) is 36.8 Å². The van der Waals surface area contributed by atoms with E-state index in [1.54, 1.807) is 18.5 Å². The van der Waals surface area contributed by atoms with Gasteiger partial charge >= 0.3 is 6.09 Å². The lowest BCUT2D eigenvalue weighted by Gasteiger charge is -2.28. The summed E-state index contributed by atoms with van der Waals surface area (Å²) in [5.74, 6) is 0.951. The van der Waals surface area contributed by atoms with Crippen LogP contribution in [0.15, 0.2) is 60.9 Å². The lowest BCUT2D eigenvalue weighted by Crippen LogP contribution is -2.42. The predicted octanol–water partition coefficient (Wildman–Crippen LogP) is 6.97. The third kappa shape index (κ3) is 7.33. The molecule has 0 saturated carbocycles. The number of nitrogens with one attached hydrogen (secondary N) is 2. The average Bonchev–Trinajstić information content (AvgIpc) is 3.84. The zero-order valence-corrected chi connectivity index (χ0v) is 27.9. The van der Waals surface area contributed by atoms with E-state index in [1.807, 2.05) is 61.0 Å². The van der Waals surface area contributed by atoms with Gasteiger partial charge in [-0.2, -0.15) is 0 Å². The van der Waals surface area contributed by atoms with Crippen LogP contribution in [-0.2, 0) is 19.9 Å². The van der Waals surface area contributed by atoms with Gasteiger partial charge < -0.3 is 24.4 Å². The largest absolute Gasteiger partial charge is 0.417 e. The molecule has 47 heavy (non-hydrogen) atoms. The number of benzene rings is 2. The maximum absolute atomic E-state index is 13.5. The highest BCUT2D eigenvalue weighted by atomic mass is 16.6. The van der Waals surface area contributed by atoms with Gasteiger partial charge in [-0.3, -0.25) is 10.1 Å². The van der Waals surface area contributed by atoms with E-state index in [-0.39, 0.29) is 5.91 Å². The van der Waals surface area contributed by atoms with Crippen LogP contribution in [0.2, 0.25) is 0 Å². The Labute approximate surface area is 277 Å². The second-order valence-corrected chi connectivity index (χ2v) is 12.6. The number of likely N-dealkylation sites (tertiary alicyclic amines) is 2. The molecule has 246 valence electrons. The van der Waals surface area contributed by atoms with E-state index in [0.717, 1.165) is 85.6 Å². The number of amides is 2. The summed E-state index contributed by atoms with van der Waals surface area (Å²) in [6.45, 7) is 10.2. The number of carbonyl (C=O) groups excluding carboxylic acids is 2. The highest BCUT2D eigenvalue weighted by Gasteiger charge is 2.31. The summed E-state index contributed by atoms with van der Waals surface area (Å²) in [6.07, 6.45) is 9.19. The lowest BCUT2D eigenvalue weighted by atomic mass is 10.0. The second kappa shape index (κ2) is 14.4. The van der Waals surface area contributed by atoms with Gasteiger partial charge in [0.15, 0.2) is 5.75 Å². The summed E-state index contributed by atoms with van der Waals surface area (Å²) >= 11 is 0. The van der Waals surface area contributed by atoms with Crippen LogP contribution in [0.4, 0.5) is 22.1 Å². The first-order chi connectivity index (χ1) is 22.8. The number of para-hydroxylation sites is 1. The predicted molar refractivity (Wildman–Crippen MR) is 185 cm³/mol. The van der Waals surface area contributed by atoms with Gasteiger partial charge in [0.05, 0.1) is 17.1 Å². The van der Waals surface area contributed by atoms with E-state index in [9.17, 15) is 9.59 Å². The minimum absolute atomic E-state index is 0.107. The zero-order valence-electron chi connectivity index (χ0n) is 27.9. The molecule has 4 heterocycles. The van der Waals surface area contributed by atoms with E-state index < -0.39 is 6.09 Å². The van der Waals surface area contributed by atoms with Crippen LogP contribution in [0.3, 0.4) is 0 Å². The summed E-state index contributed by atoms with van der Waals surface area (Å²) < 4.78 is 7.55. The molecule has 2 aliphatic heterocycles. The summed E-state index contributed by atoms with van der Waals surface area (Å²) in [5, 5.41) is 6.28. The monoisotopic (exact) mass is 635 g/mol. The topological polar surface area (TPSA) is 105 Å². The standard InChI is InChI=1S/C37H45N7O3/c1-5-26-11-9-12-27(6-2)34(26)41-37(46)47-30-22-33(42(4)24-30)32-16-17-38-36(40-32)39-31-15-14-28(21-25(31)3)35(45)44-20-10-13-29(44)23-43-18-7-8-19-43/h9,11-12,14-17,21-22,24,29H,5-8,10,13,18-20,23H2,1-4H3,(H,41,46)(H,38,39,40)/t29-/m1/s1. The average molecular weight is 636 g/mol. The van der Waals surface area contributed by atoms with E-state index in [4.69, 9.17) is 9.72 Å². The quantitative estimate of drug-likeness (QED) is 0.194. The zero-order chi connectivity index (χ0) is 32.9. The van der Waals surface area contributed by atoms with Gasteiger partial charge in [0.2, 0.25) is 5.95 Å². The van der Waals surface area contributed by atoms with Gasteiger partial charge in [0, 0.05) is 55.9 Å². The second-order valence-electron chi connectivity index (χ2n) is 12.6. The Morgan fingerprint density at radius 3 is 2.47 bits per heavy atom. The normalized spacial score (nSPS) is 16.4.